The fourth-order valence-electron chi connectivity index (χ4n) is 8.45. The van der Waals surface area contributed by atoms with Gasteiger partial charge in [0, 0.05) is 29.7 Å². The van der Waals surface area contributed by atoms with Gasteiger partial charge in [-0.1, -0.05) is 47.1 Å². The monoisotopic (exact) mass is 562 g/mol. The lowest BCUT2D eigenvalue weighted by Crippen LogP contribution is -2.60. The standard InChI is InChI=1S/C31H50N2O5S/c1-7-29(5)17-22(30(6)13-10-14-31(20(4)27(29)36)15-12-21(34)26(30)31)38-24(35)18-39-23-11-8-9-16-33(23)28(37)25(32)19(2)3/h7,19-20,22-23,25-27,36H,1,8-18,32H2,2-6H3/t20-,22+,23+,25+,26?,27?,29+,30-,31?/m0/s1. The normalized spacial score (nSPS) is 41.4. The fourth-order valence-corrected chi connectivity index (χ4v) is 9.57. The Kier molecular flexibility index (Phi) is 9.00. The number of aliphatic hydroxyl groups excluding tert-OH is 1. The zero-order valence-electron chi connectivity index (χ0n) is 24.6. The van der Waals surface area contributed by atoms with Gasteiger partial charge in [0.25, 0.3) is 0 Å². The third-order valence-corrected chi connectivity index (χ3v) is 12.3. The molecular formula is C31H50N2O5S. The number of ether oxygens (including phenoxy) is 1. The summed E-state index contributed by atoms with van der Waals surface area (Å²) in [6, 6.07) is -0.547. The van der Waals surface area contributed by atoms with Gasteiger partial charge in [-0.3, -0.25) is 14.4 Å². The van der Waals surface area contributed by atoms with Crippen LogP contribution in [0.5, 0.6) is 0 Å². The van der Waals surface area contributed by atoms with Crippen LogP contribution in [0.15, 0.2) is 12.7 Å². The van der Waals surface area contributed by atoms with Crippen LogP contribution in [-0.4, -0.2) is 63.6 Å². The number of carbonyl (C=O) groups excluding carboxylic acids is 3. The summed E-state index contributed by atoms with van der Waals surface area (Å²) >= 11 is 1.45. The molecule has 4 fully saturated rings. The number of hydrogen-bond acceptors (Lipinski definition) is 7. The maximum atomic E-state index is 13.4. The van der Waals surface area contributed by atoms with E-state index >= 15 is 0 Å². The van der Waals surface area contributed by atoms with Crippen LogP contribution in [0.25, 0.3) is 0 Å². The first-order valence-electron chi connectivity index (χ1n) is 15.0. The summed E-state index contributed by atoms with van der Waals surface area (Å²) in [4.78, 5) is 41.8. The zero-order chi connectivity index (χ0) is 28.8. The van der Waals surface area contributed by atoms with Gasteiger partial charge in [0.2, 0.25) is 5.91 Å². The number of rotatable bonds is 7. The number of piperidine rings is 1. The number of esters is 1. The molecule has 0 radical (unpaired) electrons. The molecular weight excluding hydrogens is 512 g/mol. The zero-order valence-corrected chi connectivity index (χ0v) is 25.4. The number of nitrogens with zero attached hydrogens (tertiary/aromatic N) is 1. The Bertz CT molecular complexity index is 973. The first kappa shape index (κ1) is 30.6. The van der Waals surface area contributed by atoms with Gasteiger partial charge in [0.15, 0.2) is 0 Å². The Hall–Kier alpha value is -1.38. The van der Waals surface area contributed by atoms with E-state index in [1.54, 1.807) is 0 Å². The number of hydrogen-bond donors (Lipinski definition) is 2. The van der Waals surface area contributed by atoms with E-state index < -0.39 is 29.1 Å². The van der Waals surface area contributed by atoms with E-state index in [4.69, 9.17) is 10.5 Å². The van der Waals surface area contributed by atoms with E-state index in [2.05, 4.69) is 20.4 Å². The SMILES string of the molecule is C=C[C@]1(C)C[C@@H](OC(=O)CS[C@@H]2CCCCN2C(=O)[C@H](N)C(C)C)[C@]2(C)CCCC3(CCC(=O)C32)[C@@H](C)C1O. The van der Waals surface area contributed by atoms with E-state index in [1.165, 1.54) is 11.8 Å². The van der Waals surface area contributed by atoms with Crippen molar-refractivity contribution < 1.29 is 24.2 Å². The number of Topliss-reactive ketones (excluding diaryl/α,β-unsaturated/α-hetero) is 1. The molecule has 39 heavy (non-hydrogen) atoms. The van der Waals surface area contributed by atoms with Crippen LogP contribution >= 0.6 is 11.8 Å². The molecule has 0 aromatic carbocycles. The molecule has 9 atom stereocenters. The third-order valence-electron chi connectivity index (χ3n) is 11.0. The second-order valence-corrected chi connectivity index (χ2v) is 14.8. The Morgan fingerprint density at radius 2 is 1.95 bits per heavy atom. The van der Waals surface area contributed by atoms with Crippen LogP contribution in [0.3, 0.4) is 0 Å². The van der Waals surface area contributed by atoms with Crippen molar-refractivity contribution in [2.75, 3.05) is 12.3 Å². The summed E-state index contributed by atoms with van der Waals surface area (Å²) in [5.41, 5.74) is 4.79. The Morgan fingerprint density at radius 3 is 2.62 bits per heavy atom. The summed E-state index contributed by atoms with van der Waals surface area (Å²) in [5.74, 6) is -0.200. The minimum absolute atomic E-state index is 0.0455. The van der Waals surface area contributed by atoms with E-state index in [9.17, 15) is 19.5 Å². The highest BCUT2D eigenvalue weighted by molar-refractivity contribution is 8.00. The Morgan fingerprint density at radius 1 is 1.23 bits per heavy atom. The lowest BCUT2D eigenvalue weighted by Gasteiger charge is -2.59. The molecule has 1 amide bonds. The maximum absolute atomic E-state index is 13.4. The van der Waals surface area contributed by atoms with Crippen LogP contribution in [0.4, 0.5) is 0 Å². The maximum Gasteiger partial charge on any atom is 0.316 e. The highest BCUT2D eigenvalue weighted by Gasteiger charge is 2.66. The molecule has 3 aliphatic carbocycles. The molecule has 3 saturated carbocycles. The Balaban J connectivity index is 1.54. The molecule has 2 bridgehead atoms. The lowest BCUT2D eigenvalue weighted by atomic mass is 9.46. The predicted octanol–water partition coefficient (Wildman–Crippen LogP) is 4.70. The van der Waals surface area contributed by atoms with Crippen molar-refractivity contribution in [3.63, 3.8) is 0 Å². The average Bonchev–Trinajstić information content (AvgIpc) is 3.28. The van der Waals surface area contributed by atoms with Gasteiger partial charge in [-0.15, -0.1) is 18.3 Å². The van der Waals surface area contributed by atoms with Crippen LogP contribution in [0, 0.1) is 34.0 Å². The van der Waals surface area contributed by atoms with E-state index in [0.29, 0.717) is 19.4 Å². The molecule has 7 nitrogen and oxygen atoms in total. The van der Waals surface area contributed by atoms with Crippen LogP contribution < -0.4 is 5.73 Å². The first-order chi connectivity index (χ1) is 18.3. The molecule has 1 heterocycles. The first-order valence-corrected chi connectivity index (χ1v) is 16.1. The van der Waals surface area contributed by atoms with Crippen LogP contribution in [-0.2, 0) is 19.1 Å². The lowest BCUT2D eigenvalue weighted by molar-refractivity contribution is -0.193. The molecule has 0 spiro atoms. The van der Waals surface area contributed by atoms with Gasteiger partial charge in [-0.2, -0.15) is 0 Å². The highest BCUT2D eigenvalue weighted by atomic mass is 32.2. The molecule has 0 aromatic rings. The minimum atomic E-state index is -0.673. The van der Waals surface area contributed by atoms with Crippen LogP contribution in [0.1, 0.15) is 92.4 Å². The summed E-state index contributed by atoms with van der Waals surface area (Å²) in [6.45, 7) is 14.9. The number of ketones is 1. The van der Waals surface area contributed by atoms with Gasteiger partial charge in [0.1, 0.15) is 11.9 Å². The number of likely N-dealkylation sites (tertiary alicyclic amines) is 1. The predicted molar refractivity (Wildman–Crippen MR) is 155 cm³/mol. The number of carbonyl (C=O) groups is 3. The highest BCUT2D eigenvalue weighted by Crippen LogP contribution is 2.66. The van der Waals surface area contributed by atoms with Gasteiger partial charge in [-0.05, 0) is 62.2 Å². The van der Waals surface area contributed by atoms with Gasteiger partial charge < -0.3 is 20.5 Å². The Labute approximate surface area is 239 Å². The number of aliphatic hydroxyl groups is 1. The average molecular weight is 563 g/mol. The molecule has 0 aromatic heterocycles. The summed E-state index contributed by atoms with van der Waals surface area (Å²) in [5, 5.41) is 11.5. The largest absolute Gasteiger partial charge is 0.461 e. The van der Waals surface area contributed by atoms with Crippen molar-refractivity contribution in [1.82, 2.24) is 4.90 Å². The van der Waals surface area contributed by atoms with Gasteiger partial charge in [0.05, 0.1) is 23.3 Å². The van der Waals surface area contributed by atoms with E-state index in [0.717, 1.165) is 44.9 Å². The quantitative estimate of drug-likeness (QED) is 0.342. The van der Waals surface area contributed by atoms with Crippen molar-refractivity contribution in [2.45, 2.75) is 116 Å². The number of nitrogens with two attached hydrogens (primary N) is 1. The van der Waals surface area contributed by atoms with Crippen molar-refractivity contribution in [2.24, 2.45) is 39.7 Å². The number of thioether (sulfide) groups is 1. The van der Waals surface area contributed by atoms with Crippen LogP contribution in [0.2, 0.25) is 0 Å². The summed E-state index contributed by atoms with van der Waals surface area (Å²) in [7, 11) is 0. The number of amides is 1. The summed E-state index contributed by atoms with van der Waals surface area (Å²) in [6.07, 6.45) is 7.88. The third kappa shape index (κ3) is 5.34. The molecule has 1 saturated heterocycles. The van der Waals surface area contributed by atoms with Crippen molar-refractivity contribution in [3.8, 4) is 0 Å². The second-order valence-electron chi connectivity index (χ2n) is 13.7. The fraction of sp³-hybridized carbons (Fsp3) is 0.839. The summed E-state index contributed by atoms with van der Waals surface area (Å²) < 4.78 is 6.32. The molecule has 220 valence electrons. The molecule has 3 unspecified atom stereocenters. The van der Waals surface area contributed by atoms with Crippen molar-refractivity contribution in [1.29, 1.82) is 0 Å². The molecule has 4 rings (SSSR count). The van der Waals surface area contributed by atoms with Crippen molar-refractivity contribution >= 4 is 29.4 Å². The molecule has 3 N–H and O–H groups in total. The van der Waals surface area contributed by atoms with Gasteiger partial charge in [-0.25, -0.2) is 0 Å². The van der Waals surface area contributed by atoms with E-state index in [1.807, 2.05) is 31.7 Å². The van der Waals surface area contributed by atoms with E-state index in [-0.39, 0.29) is 52.0 Å². The molecule has 4 aliphatic rings. The minimum Gasteiger partial charge on any atom is -0.461 e. The van der Waals surface area contributed by atoms with Crippen molar-refractivity contribution in [3.05, 3.63) is 12.7 Å². The second kappa shape index (κ2) is 11.5. The smallest absolute Gasteiger partial charge is 0.316 e. The molecule has 8 heteroatoms. The van der Waals surface area contributed by atoms with Gasteiger partial charge >= 0.3 is 5.97 Å². The molecule has 1 aliphatic heterocycles. The topological polar surface area (TPSA) is 110 Å².